The van der Waals surface area contributed by atoms with Crippen LogP contribution in [0.4, 0.5) is 0 Å². The third kappa shape index (κ3) is 5.23. The van der Waals surface area contributed by atoms with Crippen molar-refractivity contribution in [3.8, 4) is 69.0 Å². The van der Waals surface area contributed by atoms with Crippen LogP contribution in [-0.2, 0) is 0 Å². The maximum atomic E-state index is 10.8. The molecule has 2 aromatic heterocycles. The van der Waals surface area contributed by atoms with Crippen LogP contribution in [-0.4, -0.2) is 9.13 Å². The highest BCUT2D eigenvalue weighted by Crippen LogP contribution is 2.42. The fraction of sp³-hybridized carbons (Fsp3) is 0. The molecule has 0 amide bonds. The lowest BCUT2D eigenvalue weighted by Gasteiger charge is -2.19. The van der Waals surface area contributed by atoms with Crippen molar-refractivity contribution in [2.45, 2.75) is 0 Å². The first-order chi connectivity index (χ1) is 28.6. The van der Waals surface area contributed by atoms with E-state index in [1.807, 2.05) is 97.1 Å². The first-order valence-electron chi connectivity index (χ1n) is 18.7. The fourth-order valence-electron chi connectivity index (χ4n) is 8.49. The van der Waals surface area contributed by atoms with Crippen molar-refractivity contribution in [1.82, 2.24) is 9.13 Å². The van der Waals surface area contributed by atoms with Crippen molar-refractivity contribution >= 4 is 43.6 Å². The Morgan fingerprint density at radius 1 is 0.310 bits per heavy atom. The Hall–Kier alpha value is -8.68. The number of benzene rings is 8. The van der Waals surface area contributed by atoms with Crippen LogP contribution in [0.3, 0.4) is 0 Å². The topological polar surface area (TPSA) is 105 Å². The molecular formula is C52H28N6. The van der Waals surface area contributed by atoms with E-state index in [0.29, 0.717) is 27.8 Å². The molecular weight excluding hydrogens is 709 g/mol. The molecule has 0 unspecified atom stereocenters. The van der Waals surface area contributed by atoms with Gasteiger partial charge in [-0.05, 0) is 101 Å². The molecule has 6 heteroatoms. The molecule has 0 fully saturated rings. The normalized spacial score (nSPS) is 11.0. The van der Waals surface area contributed by atoms with E-state index in [4.69, 9.17) is 0 Å². The minimum atomic E-state index is 0.468. The van der Waals surface area contributed by atoms with Gasteiger partial charge in [0.15, 0.2) is 0 Å². The second kappa shape index (κ2) is 13.6. The third-order valence-corrected chi connectivity index (χ3v) is 11.1. The van der Waals surface area contributed by atoms with Crippen LogP contribution in [0.5, 0.6) is 0 Å². The lowest BCUT2D eigenvalue weighted by molar-refractivity contribution is 1.09. The summed E-state index contributed by atoms with van der Waals surface area (Å²) in [4.78, 5) is 0. The van der Waals surface area contributed by atoms with Gasteiger partial charge in [-0.1, -0.05) is 97.1 Å². The van der Waals surface area contributed by atoms with Gasteiger partial charge in [0.25, 0.3) is 0 Å². The van der Waals surface area contributed by atoms with Gasteiger partial charge >= 0.3 is 0 Å². The van der Waals surface area contributed by atoms with Gasteiger partial charge in [0, 0.05) is 27.1 Å². The number of hydrogen-bond acceptors (Lipinski definition) is 4. The molecule has 0 spiro atoms. The highest BCUT2D eigenvalue weighted by molar-refractivity contribution is 6.13. The van der Waals surface area contributed by atoms with Gasteiger partial charge < -0.3 is 9.13 Å². The van der Waals surface area contributed by atoms with Gasteiger partial charge in [0.05, 0.1) is 80.0 Å². The molecule has 58 heavy (non-hydrogen) atoms. The number of para-hydroxylation sites is 2. The van der Waals surface area contributed by atoms with Crippen molar-refractivity contribution in [2.24, 2.45) is 0 Å². The number of fused-ring (bicyclic) bond motifs is 6. The fourth-order valence-corrected chi connectivity index (χ4v) is 8.49. The van der Waals surface area contributed by atoms with E-state index < -0.39 is 0 Å². The van der Waals surface area contributed by atoms with Crippen molar-refractivity contribution in [2.75, 3.05) is 0 Å². The molecule has 0 bridgehead atoms. The van der Waals surface area contributed by atoms with E-state index >= 15 is 0 Å². The van der Waals surface area contributed by atoms with E-state index in [9.17, 15) is 21.0 Å². The minimum Gasteiger partial charge on any atom is -0.307 e. The van der Waals surface area contributed by atoms with Crippen LogP contribution in [0.1, 0.15) is 22.3 Å². The number of aromatic nitrogens is 2. The van der Waals surface area contributed by atoms with Gasteiger partial charge in [0.2, 0.25) is 0 Å². The monoisotopic (exact) mass is 736 g/mol. The average Bonchev–Trinajstić information content (AvgIpc) is 3.80. The van der Waals surface area contributed by atoms with Gasteiger partial charge in [-0.2, -0.15) is 21.0 Å². The van der Waals surface area contributed by atoms with Crippen LogP contribution in [0, 0.1) is 45.3 Å². The van der Waals surface area contributed by atoms with Gasteiger partial charge in [0.1, 0.15) is 0 Å². The Morgan fingerprint density at radius 2 is 0.776 bits per heavy atom. The zero-order valence-corrected chi connectivity index (χ0v) is 30.8. The molecule has 6 nitrogen and oxygen atoms in total. The summed E-state index contributed by atoms with van der Waals surface area (Å²) in [7, 11) is 0. The van der Waals surface area contributed by atoms with Gasteiger partial charge in [-0.15, -0.1) is 0 Å². The third-order valence-electron chi connectivity index (χ3n) is 11.1. The number of nitrogens with zero attached hydrogens (tertiary/aromatic N) is 6. The molecule has 0 saturated heterocycles. The summed E-state index contributed by atoms with van der Waals surface area (Å²) in [6, 6.07) is 65.4. The van der Waals surface area contributed by atoms with E-state index in [1.54, 1.807) is 6.07 Å². The molecule has 266 valence electrons. The molecule has 0 radical (unpaired) electrons. The van der Waals surface area contributed by atoms with Crippen LogP contribution in [0.25, 0.3) is 88.4 Å². The summed E-state index contributed by atoms with van der Waals surface area (Å²) >= 11 is 0. The smallest absolute Gasteiger partial charge is 0.0998 e. The minimum absolute atomic E-state index is 0.468. The SMILES string of the molecule is N#Cc1cccc(-c2cc(-n3c4ccccc4c4cc(-c5ccccc5C#N)ccc43)c(-n3c4ccccc4c4cc(-c5ccccc5C#N)ccc43)cc2C#N)c1. The second-order valence-corrected chi connectivity index (χ2v) is 14.2. The molecule has 0 N–H and O–H groups in total. The molecule has 0 aliphatic heterocycles. The van der Waals surface area contributed by atoms with Crippen molar-refractivity contribution in [3.63, 3.8) is 0 Å². The van der Waals surface area contributed by atoms with Crippen LogP contribution < -0.4 is 0 Å². The summed E-state index contributed by atoms with van der Waals surface area (Å²) in [5, 5.41) is 44.7. The van der Waals surface area contributed by atoms with E-state index in [0.717, 1.165) is 82.8 Å². The van der Waals surface area contributed by atoms with Crippen molar-refractivity contribution in [1.29, 1.82) is 21.0 Å². The first-order valence-corrected chi connectivity index (χ1v) is 18.7. The molecule has 10 rings (SSSR count). The summed E-state index contributed by atoms with van der Waals surface area (Å²) in [6.45, 7) is 0. The van der Waals surface area contributed by atoms with E-state index in [-0.39, 0.29) is 0 Å². The van der Waals surface area contributed by atoms with Gasteiger partial charge in [-0.3, -0.25) is 0 Å². The summed E-state index contributed by atoms with van der Waals surface area (Å²) in [6.07, 6.45) is 0. The molecule has 8 aromatic carbocycles. The molecule has 0 atom stereocenters. The van der Waals surface area contributed by atoms with Crippen molar-refractivity contribution in [3.05, 3.63) is 192 Å². The number of nitriles is 4. The molecule has 10 aromatic rings. The Bertz CT molecular complexity index is 3520. The predicted molar refractivity (Wildman–Crippen MR) is 230 cm³/mol. The zero-order chi connectivity index (χ0) is 39.3. The Balaban J connectivity index is 1.32. The number of rotatable bonds is 5. The first kappa shape index (κ1) is 33.9. The molecule has 0 saturated carbocycles. The van der Waals surface area contributed by atoms with E-state index in [2.05, 4.69) is 100 Å². The predicted octanol–water partition coefficient (Wildman–Crippen LogP) is 12.4. The lowest BCUT2D eigenvalue weighted by Crippen LogP contribution is -2.05. The van der Waals surface area contributed by atoms with Gasteiger partial charge in [-0.25, -0.2) is 0 Å². The van der Waals surface area contributed by atoms with Crippen LogP contribution in [0.15, 0.2) is 170 Å². The van der Waals surface area contributed by atoms with E-state index in [1.165, 1.54) is 0 Å². The highest BCUT2D eigenvalue weighted by Gasteiger charge is 2.23. The standard InChI is InChI=1S/C52H28N6/c53-29-33-10-9-13-34(24-33)44-28-52(58-48-19-8-6-17-43(48)46-26-36(21-23-50(46)58)41-15-4-2-12-38(41)31-55)51(27-39(44)32-56)57-47-18-7-5-16-42(47)45-25-35(20-22-49(45)57)40-14-3-1-11-37(40)30-54/h1-28H. The second-order valence-electron chi connectivity index (χ2n) is 14.2. The van der Waals surface area contributed by atoms with Crippen LogP contribution >= 0.6 is 0 Å². The summed E-state index contributed by atoms with van der Waals surface area (Å²) in [5.41, 5.74) is 12.7. The van der Waals surface area contributed by atoms with Crippen LogP contribution in [0.2, 0.25) is 0 Å². The maximum Gasteiger partial charge on any atom is 0.0998 e. The lowest BCUT2D eigenvalue weighted by atomic mass is 9.96. The zero-order valence-electron chi connectivity index (χ0n) is 30.8. The Labute approximate surface area is 333 Å². The Morgan fingerprint density at radius 3 is 1.31 bits per heavy atom. The largest absolute Gasteiger partial charge is 0.307 e. The maximum absolute atomic E-state index is 10.8. The highest BCUT2D eigenvalue weighted by atomic mass is 15.1. The number of hydrogen-bond donors (Lipinski definition) is 0. The molecule has 0 aliphatic rings. The summed E-state index contributed by atoms with van der Waals surface area (Å²) < 4.78 is 4.49. The van der Waals surface area contributed by atoms with Crippen molar-refractivity contribution < 1.29 is 0 Å². The average molecular weight is 737 g/mol. The quantitative estimate of drug-likeness (QED) is 0.175. The molecule has 0 aliphatic carbocycles. The summed E-state index contributed by atoms with van der Waals surface area (Å²) in [5.74, 6) is 0. The molecule has 2 heterocycles. The Kier molecular flexibility index (Phi) is 7.92.